The van der Waals surface area contributed by atoms with E-state index in [-0.39, 0.29) is 42.2 Å². The molecule has 0 aliphatic carbocycles. The molecule has 1 N–H and O–H groups in total. The average Bonchev–Trinajstić information content (AvgIpc) is 3.26. The number of amides is 1. The van der Waals surface area contributed by atoms with Gasteiger partial charge in [0.05, 0.1) is 18.8 Å². The van der Waals surface area contributed by atoms with Gasteiger partial charge in [0, 0.05) is 46.3 Å². The predicted molar refractivity (Wildman–Crippen MR) is 132 cm³/mol. The van der Waals surface area contributed by atoms with Crippen molar-refractivity contribution in [2.75, 3.05) is 46.8 Å². The van der Waals surface area contributed by atoms with E-state index in [0.29, 0.717) is 44.4 Å². The number of hydrogen-bond donors (Lipinski definition) is 1. The fraction of sp³-hybridized carbons (Fsp3) is 0.450. The molecule has 1 aromatic carbocycles. The summed E-state index contributed by atoms with van der Waals surface area (Å²) in [7, 11) is -0.0891. The molecule has 0 spiro atoms. The van der Waals surface area contributed by atoms with E-state index in [1.165, 1.54) is 15.5 Å². The van der Waals surface area contributed by atoms with Crippen molar-refractivity contribution >= 4 is 45.9 Å². The third kappa shape index (κ3) is 7.45. The van der Waals surface area contributed by atoms with E-state index in [4.69, 9.17) is 4.52 Å². The summed E-state index contributed by atoms with van der Waals surface area (Å²) in [6.07, 6.45) is 1.36. The highest BCUT2D eigenvalue weighted by Crippen LogP contribution is 2.13. The van der Waals surface area contributed by atoms with Crippen LogP contribution in [-0.2, 0) is 27.1 Å². The van der Waals surface area contributed by atoms with Crippen LogP contribution in [0.1, 0.15) is 11.3 Å². The summed E-state index contributed by atoms with van der Waals surface area (Å²) in [4.78, 5) is 20.2. The number of benzene rings is 1. The van der Waals surface area contributed by atoms with Crippen molar-refractivity contribution in [1.82, 2.24) is 24.6 Å². The summed E-state index contributed by atoms with van der Waals surface area (Å²) in [6.45, 7) is 2.17. The first-order valence-corrected chi connectivity index (χ1v) is 11.6. The topological polar surface area (TPSA) is 111 Å². The van der Waals surface area contributed by atoms with Crippen molar-refractivity contribution in [2.45, 2.75) is 12.3 Å². The van der Waals surface area contributed by atoms with Crippen LogP contribution in [0.3, 0.4) is 0 Å². The highest BCUT2D eigenvalue weighted by Gasteiger charge is 2.29. The molecule has 2 heterocycles. The van der Waals surface area contributed by atoms with Gasteiger partial charge in [0.15, 0.2) is 5.96 Å². The largest absolute Gasteiger partial charge is 0.364 e. The van der Waals surface area contributed by atoms with Crippen molar-refractivity contribution in [1.29, 1.82) is 0 Å². The van der Waals surface area contributed by atoms with Gasteiger partial charge in [0.2, 0.25) is 15.9 Å². The average molecular weight is 576 g/mol. The molecular formula is C20H29IN6O4S. The summed E-state index contributed by atoms with van der Waals surface area (Å²) in [5, 5.41) is 6.82. The van der Waals surface area contributed by atoms with Gasteiger partial charge in [0.25, 0.3) is 0 Å². The van der Waals surface area contributed by atoms with E-state index >= 15 is 0 Å². The van der Waals surface area contributed by atoms with Crippen LogP contribution in [0.15, 0.2) is 52.2 Å². The Kier molecular flexibility index (Phi) is 9.90. The number of rotatable bonds is 7. The van der Waals surface area contributed by atoms with Crippen LogP contribution >= 0.6 is 24.0 Å². The predicted octanol–water partition coefficient (Wildman–Crippen LogP) is 0.974. The molecule has 176 valence electrons. The van der Waals surface area contributed by atoms with Gasteiger partial charge in [-0.3, -0.25) is 4.79 Å². The molecule has 1 saturated heterocycles. The summed E-state index contributed by atoms with van der Waals surface area (Å²) in [5.41, 5.74) is 1.44. The molecule has 32 heavy (non-hydrogen) atoms. The van der Waals surface area contributed by atoms with Crippen molar-refractivity contribution in [2.24, 2.45) is 4.99 Å². The second kappa shape index (κ2) is 12.2. The van der Waals surface area contributed by atoms with E-state index in [0.717, 1.165) is 5.56 Å². The van der Waals surface area contributed by atoms with E-state index < -0.39 is 10.0 Å². The molecule has 1 fully saturated rings. The normalized spacial score (nSPS) is 15.2. The Morgan fingerprint density at radius 2 is 1.84 bits per heavy atom. The zero-order valence-electron chi connectivity index (χ0n) is 18.2. The smallest absolute Gasteiger partial charge is 0.241 e. The number of halogens is 1. The Morgan fingerprint density at radius 1 is 1.16 bits per heavy atom. The number of aromatic nitrogens is 1. The minimum atomic E-state index is -3.48. The quantitative estimate of drug-likeness (QED) is 0.297. The maximum Gasteiger partial charge on any atom is 0.241 e. The molecule has 10 nitrogen and oxygen atoms in total. The lowest BCUT2D eigenvalue weighted by Crippen LogP contribution is -2.54. The zero-order valence-corrected chi connectivity index (χ0v) is 21.3. The molecular weight excluding hydrogens is 547 g/mol. The lowest BCUT2D eigenvalue weighted by molar-refractivity contribution is -0.127. The first-order valence-electron chi connectivity index (χ1n) is 9.99. The minimum Gasteiger partial charge on any atom is -0.364 e. The minimum absolute atomic E-state index is 0. The molecule has 1 aliphatic heterocycles. The van der Waals surface area contributed by atoms with Gasteiger partial charge in [-0.05, 0) is 5.56 Å². The van der Waals surface area contributed by atoms with Crippen molar-refractivity contribution < 1.29 is 17.7 Å². The number of likely N-dealkylation sites (N-methyl/N-ethyl adjacent to an activating group) is 1. The molecule has 0 radical (unpaired) electrons. The highest BCUT2D eigenvalue weighted by molar-refractivity contribution is 14.0. The van der Waals surface area contributed by atoms with Crippen LogP contribution in [0.4, 0.5) is 0 Å². The first-order chi connectivity index (χ1) is 14.8. The monoisotopic (exact) mass is 576 g/mol. The van der Waals surface area contributed by atoms with Gasteiger partial charge in [-0.2, -0.15) is 4.31 Å². The van der Waals surface area contributed by atoms with Gasteiger partial charge in [0.1, 0.15) is 12.0 Å². The SMILES string of the molecule is CN(C)C(=O)CNC(=NCc1ccccc1)N1CCN(S(=O)(=O)Cc2ccon2)CC1.I. The van der Waals surface area contributed by atoms with Crippen LogP contribution in [-0.4, -0.2) is 86.4 Å². The van der Waals surface area contributed by atoms with Gasteiger partial charge in [-0.15, -0.1) is 24.0 Å². The highest BCUT2D eigenvalue weighted by atomic mass is 127. The fourth-order valence-electron chi connectivity index (χ4n) is 3.10. The molecule has 0 unspecified atom stereocenters. The van der Waals surface area contributed by atoms with E-state index in [1.807, 2.05) is 35.2 Å². The number of carbonyl (C=O) groups excluding carboxylic acids is 1. The maximum atomic E-state index is 12.7. The molecule has 1 aromatic heterocycles. The van der Waals surface area contributed by atoms with Crippen molar-refractivity contribution in [3.05, 3.63) is 53.9 Å². The summed E-state index contributed by atoms with van der Waals surface area (Å²) in [5.74, 6) is 0.336. The number of carbonyl (C=O) groups is 1. The zero-order chi connectivity index (χ0) is 22.3. The summed E-state index contributed by atoms with van der Waals surface area (Å²) >= 11 is 0. The van der Waals surface area contributed by atoms with E-state index in [9.17, 15) is 13.2 Å². The standard InChI is InChI=1S/C20H28N6O4S.HI/c1-24(2)19(27)15-22-20(21-14-17-6-4-3-5-7-17)25-9-11-26(12-10-25)31(28,29)16-18-8-13-30-23-18;/h3-8,13H,9-12,14-16H2,1-2H3,(H,21,22);1H. The molecule has 0 saturated carbocycles. The molecule has 3 rings (SSSR count). The molecule has 1 aliphatic rings. The number of guanidine groups is 1. The van der Waals surface area contributed by atoms with Crippen molar-refractivity contribution in [3.63, 3.8) is 0 Å². The second-order valence-electron chi connectivity index (χ2n) is 7.40. The molecule has 0 bridgehead atoms. The molecule has 12 heteroatoms. The number of piperazine rings is 1. The first kappa shape index (κ1) is 26.1. The lowest BCUT2D eigenvalue weighted by Gasteiger charge is -2.35. The number of hydrogen-bond acceptors (Lipinski definition) is 6. The Hall–Kier alpha value is -2.19. The van der Waals surface area contributed by atoms with Crippen LogP contribution in [0.25, 0.3) is 0 Å². The van der Waals surface area contributed by atoms with Gasteiger partial charge in [-0.25, -0.2) is 13.4 Å². The lowest BCUT2D eigenvalue weighted by atomic mass is 10.2. The molecule has 0 atom stereocenters. The van der Waals surface area contributed by atoms with Crippen LogP contribution in [0, 0.1) is 0 Å². The Labute approximate surface area is 205 Å². The van der Waals surface area contributed by atoms with Crippen molar-refractivity contribution in [3.8, 4) is 0 Å². The third-order valence-electron chi connectivity index (χ3n) is 4.90. The Morgan fingerprint density at radius 3 is 2.44 bits per heavy atom. The van der Waals surface area contributed by atoms with E-state index in [1.54, 1.807) is 20.2 Å². The maximum absolute atomic E-state index is 12.7. The summed E-state index contributed by atoms with van der Waals surface area (Å²) < 4.78 is 31.5. The molecule has 1 amide bonds. The van der Waals surface area contributed by atoms with Crippen LogP contribution in [0.5, 0.6) is 0 Å². The number of nitrogens with one attached hydrogen (secondary N) is 1. The Bertz CT molecular complexity index is 975. The number of aliphatic imine (C=N–C) groups is 1. The van der Waals surface area contributed by atoms with E-state index in [2.05, 4.69) is 15.5 Å². The van der Waals surface area contributed by atoms with Gasteiger partial charge < -0.3 is 19.6 Å². The van der Waals surface area contributed by atoms with Crippen LogP contribution < -0.4 is 5.32 Å². The third-order valence-corrected chi connectivity index (χ3v) is 6.72. The molecule has 2 aromatic rings. The van der Waals surface area contributed by atoms with Gasteiger partial charge in [-0.1, -0.05) is 35.5 Å². The number of nitrogens with zero attached hydrogens (tertiary/aromatic N) is 5. The Balaban J connectivity index is 0.00000363. The number of sulfonamides is 1. The van der Waals surface area contributed by atoms with Gasteiger partial charge >= 0.3 is 0 Å². The summed E-state index contributed by atoms with van der Waals surface area (Å²) in [6, 6.07) is 11.4. The van der Waals surface area contributed by atoms with Crippen LogP contribution in [0.2, 0.25) is 0 Å². The fourth-order valence-corrected chi connectivity index (χ4v) is 4.52. The second-order valence-corrected chi connectivity index (χ2v) is 9.37.